The lowest BCUT2D eigenvalue weighted by Gasteiger charge is -2.30. The Labute approximate surface area is 168 Å². The summed E-state index contributed by atoms with van der Waals surface area (Å²) < 4.78 is 0. The molecule has 0 fully saturated rings. The first-order valence-electron chi connectivity index (χ1n) is 9.58. The van der Waals surface area contributed by atoms with Crippen LogP contribution in [0.3, 0.4) is 0 Å². The second kappa shape index (κ2) is 7.79. The number of amides is 2. The number of H-pyrrole nitrogens is 1. The van der Waals surface area contributed by atoms with Gasteiger partial charge in [-0.3, -0.25) is 25.2 Å². The smallest absolute Gasteiger partial charge is 0.310 e. The Balaban J connectivity index is 1.39. The summed E-state index contributed by atoms with van der Waals surface area (Å²) in [5, 5.41) is 0.682. The number of nitrogens with one attached hydrogen (secondary N) is 3. The van der Waals surface area contributed by atoms with Crippen LogP contribution in [0.5, 0.6) is 0 Å². The van der Waals surface area contributed by atoms with Crippen LogP contribution >= 0.6 is 0 Å². The molecule has 0 spiro atoms. The van der Waals surface area contributed by atoms with Crippen LogP contribution in [-0.2, 0) is 16.0 Å². The maximum absolute atomic E-state index is 12.6. The van der Waals surface area contributed by atoms with Gasteiger partial charge in [0.05, 0.1) is 12.1 Å². The van der Waals surface area contributed by atoms with Crippen LogP contribution in [-0.4, -0.2) is 35.7 Å². The van der Waals surface area contributed by atoms with Gasteiger partial charge < -0.3 is 9.88 Å². The molecule has 0 atom stereocenters. The summed E-state index contributed by atoms with van der Waals surface area (Å²) >= 11 is 0. The molecule has 0 bridgehead atoms. The van der Waals surface area contributed by atoms with E-state index in [0.717, 1.165) is 30.6 Å². The van der Waals surface area contributed by atoms with Crippen molar-refractivity contribution in [3.05, 3.63) is 65.4 Å². The molecule has 2 aromatic carbocycles. The molecular weight excluding hydrogens is 368 g/mol. The third-order valence-corrected chi connectivity index (χ3v) is 5.18. The number of carbonyl (C=O) groups is 3. The van der Waals surface area contributed by atoms with E-state index in [2.05, 4.69) is 21.9 Å². The topological polar surface area (TPSA) is 94.3 Å². The fourth-order valence-corrected chi connectivity index (χ4v) is 3.85. The number of anilines is 1. The van der Waals surface area contributed by atoms with E-state index in [1.165, 1.54) is 5.56 Å². The Bertz CT molecular complexity index is 1100. The van der Waals surface area contributed by atoms with E-state index in [9.17, 15) is 14.4 Å². The number of ketones is 1. The predicted octanol–water partition coefficient (Wildman–Crippen LogP) is 2.26. The number of aromatic amines is 1. The van der Waals surface area contributed by atoms with Crippen molar-refractivity contribution in [1.29, 1.82) is 0 Å². The van der Waals surface area contributed by atoms with Crippen molar-refractivity contribution in [3.63, 3.8) is 0 Å². The van der Waals surface area contributed by atoms with Gasteiger partial charge in [-0.05, 0) is 37.5 Å². The lowest BCUT2D eigenvalue weighted by molar-refractivity contribution is -0.125. The SMILES string of the molecule is Cc1[nH]c2ccccc2c1C(=O)C(=O)NNC(=O)CN1CCCc2ccccc21. The quantitative estimate of drug-likeness (QED) is 0.362. The van der Waals surface area contributed by atoms with Crippen LogP contribution in [0.25, 0.3) is 10.9 Å². The monoisotopic (exact) mass is 390 g/mol. The van der Waals surface area contributed by atoms with Crippen molar-refractivity contribution in [1.82, 2.24) is 15.8 Å². The number of carbonyl (C=O) groups excluding carboxylic acids is 3. The third kappa shape index (κ3) is 3.71. The third-order valence-electron chi connectivity index (χ3n) is 5.18. The number of rotatable bonds is 4. The summed E-state index contributed by atoms with van der Waals surface area (Å²) in [6.45, 7) is 2.62. The summed E-state index contributed by atoms with van der Waals surface area (Å²) in [4.78, 5) is 42.3. The van der Waals surface area contributed by atoms with Crippen molar-refractivity contribution in [2.24, 2.45) is 0 Å². The molecule has 0 saturated heterocycles. The maximum Gasteiger partial charge on any atom is 0.310 e. The summed E-state index contributed by atoms with van der Waals surface area (Å²) in [7, 11) is 0. The van der Waals surface area contributed by atoms with Gasteiger partial charge in [0.15, 0.2) is 0 Å². The number of aryl methyl sites for hydroxylation is 2. The zero-order chi connectivity index (χ0) is 20.4. The Morgan fingerprint density at radius 3 is 2.66 bits per heavy atom. The van der Waals surface area contributed by atoms with E-state index < -0.39 is 11.7 Å². The molecule has 7 nitrogen and oxygen atoms in total. The second-order valence-corrected chi connectivity index (χ2v) is 7.16. The van der Waals surface area contributed by atoms with Gasteiger partial charge in [-0.15, -0.1) is 0 Å². The molecule has 0 saturated carbocycles. The van der Waals surface area contributed by atoms with Crippen molar-refractivity contribution in [2.75, 3.05) is 18.0 Å². The number of fused-ring (bicyclic) bond motifs is 2. The van der Waals surface area contributed by atoms with Crippen LogP contribution in [0, 0.1) is 6.92 Å². The minimum absolute atomic E-state index is 0.109. The van der Waals surface area contributed by atoms with Crippen molar-refractivity contribution in [3.8, 4) is 0 Å². The molecule has 4 rings (SSSR count). The highest BCUT2D eigenvalue weighted by Crippen LogP contribution is 2.26. The van der Waals surface area contributed by atoms with Crippen LogP contribution in [0.2, 0.25) is 0 Å². The second-order valence-electron chi connectivity index (χ2n) is 7.16. The molecule has 0 unspecified atom stereocenters. The summed E-state index contributed by atoms with van der Waals surface area (Å²) in [5.74, 6) is -1.94. The molecular formula is C22H22N4O3. The number of para-hydroxylation sites is 2. The highest BCUT2D eigenvalue weighted by Gasteiger charge is 2.24. The molecule has 2 heterocycles. The van der Waals surface area contributed by atoms with Crippen molar-refractivity contribution < 1.29 is 14.4 Å². The van der Waals surface area contributed by atoms with Crippen LogP contribution in [0.15, 0.2) is 48.5 Å². The van der Waals surface area contributed by atoms with Crippen molar-refractivity contribution >= 4 is 34.2 Å². The van der Waals surface area contributed by atoms with Gasteiger partial charge >= 0.3 is 5.91 Å². The normalized spacial score (nSPS) is 13.1. The number of hydrogen-bond acceptors (Lipinski definition) is 4. The zero-order valence-electron chi connectivity index (χ0n) is 16.1. The van der Waals surface area contributed by atoms with Crippen molar-refractivity contribution in [2.45, 2.75) is 19.8 Å². The van der Waals surface area contributed by atoms with Crippen LogP contribution < -0.4 is 15.8 Å². The van der Waals surface area contributed by atoms with E-state index >= 15 is 0 Å². The predicted molar refractivity (Wildman–Crippen MR) is 111 cm³/mol. The summed E-state index contributed by atoms with van der Waals surface area (Å²) in [5.41, 5.74) is 8.57. The highest BCUT2D eigenvalue weighted by molar-refractivity contribution is 6.45. The number of benzene rings is 2. The largest absolute Gasteiger partial charge is 0.362 e. The first-order valence-corrected chi connectivity index (χ1v) is 9.58. The maximum atomic E-state index is 12.6. The standard InChI is InChI=1S/C22H22N4O3/c1-14-20(16-9-3-4-10-17(16)23-14)21(28)22(29)25-24-19(27)13-26-12-6-8-15-7-2-5-11-18(15)26/h2-5,7,9-11,23H,6,8,12-13H2,1H3,(H,24,27)(H,25,29). The van der Waals surface area contributed by atoms with Crippen LogP contribution in [0.4, 0.5) is 5.69 Å². The molecule has 148 valence electrons. The number of hydrazine groups is 1. The zero-order valence-corrected chi connectivity index (χ0v) is 16.1. The number of aromatic nitrogens is 1. The number of hydrogen-bond donors (Lipinski definition) is 3. The molecule has 2 amide bonds. The van der Waals surface area contributed by atoms with Crippen LogP contribution in [0.1, 0.15) is 28.0 Å². The first-order chi connectivity index (χ1) is 14.0. The van der Waals surface area contributed by atoms with E-state index in [1.54, 1.807) is 13.0 Å². The van der Waals surface area contributed by atoms with Gasteiger partial charge in [-0.1, -0.05) is 36.4 Å². The fraction of sp³-hybridized carbons (Fsp3) is 0.227. The van der Waals surface area contributed by atoms with E-state index in [0.29, 0.717) is 16.6 Å². The number of Topliss-reactive ketones (excluding diaryl/α,β-unsaturated/α-hetero) is 1. The van der Waals surface area contributed by atoms with Gasteiger partial charge in [0.25, 0.3) is 11.7 Å². The van der Waals surface area contributed by atoms with Gasteiger partial charge in [-0.2, -0.15) is 0 Å². The van der Waals surface area contributed by atoms with Gasteiger partial charge in [-0.25, -0.2) is 0 Å². The van der Waals surface area contributed by atoms with E-state index in [-0.39, 0.29) is 12.5 Å². The fourth-order valence-electron chi connectivity index (χ4n) is 3.85. The lowest BCUT2D eigenvalue weighted by atomic mass is 10.0. The number of nitrogens with zero attached hydrogens (tertiary/aromatic N) is 1. The Kier molecular flexibility index (Phi) is 5.03. The summed E-state index contributed by atoms with van der Waals surface area (Å²) in [6, 6.07) is 15.3. The first kappa shape index (κ1) is 18.7. The molecule has 3 aromatic rings. The van der Waals surface area contributed by atoms with E-state index in [4.69, 9.17) is 0 Å². The van der Waals surface area contributed by atoms with Gasteiger partial charge in [0.2, 0.25) is 0 Å². The highest BCUT2D eigenvalue weighted by atomic mass is 16.2. The molecule has 7 heteroatoms. The average Bonchev–Trinajstić information content (AvgIpc) is 3.07. The molecule has 1 aliphatic heterocycles. The lowest BCUT2D eigenvalue weighted by Crippen LogP contribution is -2.49. The summed E-state index contributed by atoms with van der Waals surface area (Å²) in [6.07, 6.45) is 1.96. The minimum Gasteiger partial charge on any atom is -0.362 e. The Morgan fingerprint density at radius 1 is 1.03 bits per heavy atom. The molecule has 0 aliphatic carbocycles. The minimum atomic E-state index is -0.870. The average molecular weight is 390 g/mol. The molecule has 29 heavy (non-hydrogen) atoms. The Morgan fingerprint density at radius 2 is 1.79 bits per heavy atom. The molecule has 1 aromatic heterocycles. The van der Waals surface area contributed by atoms with Gasteiger partial charge in [0.1, 0.15) is 0 Å². The molecule has 1 aliphatic rings. The van der Waals surface area contributed by atoms with E-state index in [1.807, 2.05) is 41.3 Å². The Hall–Kier alpha value is -3.61. The molecule has 0 radical (unpaired) electrons. The molecule has 3 N–H and O–H groups in total. The van der Waals surface area contributed by atoms with Gasteiger partial charge in [0, 0.05) is 28.8 Å².